The van der Waals surface area contributed by atoms with E-state index < -0.39 is 4.98 Å². The molecule has 0 spiro atoms. The summed E-state index contributed by atoms with van der Waals surface area (Å²) >= 11 is 4.60. The Balaban J connectivity index is 2.80. The highest BCUT2D eigenvalue weighted by molar-refractivity contribution is 7.48. The normalized spacial score (nSPS) is 6.50. The lowest BCUT2D eigenvalue weighted by Gasteiger charge is -1.52. The maximum Gasteiger partial charge on any atom is 0.236 e. The molecule has 0 aromatic heterocycles. The van der Waals surface area contributed by atoms with E-state index in [0.29, 0.717) is 0 Å². The minimum Gasteiger partial charge on any atom is -0.277 e. The first-order valence-electron chi connectivity index (χ1n) is 0.682. The van der Waals surface area contributed by atoms with E-state index in [1.807, 2.05) is 0 Å². The number of halogens is 1. The van der Waals surface area contributed by atoms with E-state index in [1.165, 1.54) is 0 Å². The van der Waals surface area contributed by atoms with Crippen LogP contribution in [0.15, 0.2) is 0 Å². The molecule has 0 rings (SSSR count). The second kappa shape index (κ2) is 1.68. The second-order valence-corrected chi connectivity index (χ2v) is 1.57. The van der Waals surface area contributed by atoms with Gasteiger partial charge in [-0.15, -0.1) is 0 Å². The average molecular weight is 96.5 g/mol. The van der Waals surface area contributed by atoms with E-state index in [1.54, 1.807) is 9.24 Å². The van der Waals surface area contributed by atoms with E-state index in [4.69, 9.17) is 0 Å². The molecule has 0 aromatic rings. The van der Waals surface area contributed by atoms with Crippen LogP contribution in [0.3, 0.4) is 0 Å². The minimum absolute atomic E-state index is 0.444. The third-order valence-electron chi connectivity index (χ3n) is 0. The highest BCUT2D eigenvalue weighted by atomic mass is 35.5. The number of carbonyl (C=O) groups excluding carboxylic acids is 1. The van der Waals surface area contributed by atoms with Crippen LogP contribution in [0.1, 0.15) is 0 Å². The molecule has 4 heavy (non-hydrogen) atoms. The quantitative estimate of drug-likeness (QED) is 0.327. The minimum atomic E-state index is -0.444. The smallest absolute Gasteiger partial charge is 0.236 e. The molecule has 0 aliphatic carbocycles. The Hall–Kier alpha value is 0.390. The number of hydrogen-bond acceptors (Lipinski definition) is 1. The van der Waals surface area contributed by atoms with Crippen molar-refractivity contribution in [1.29, 1.82) is 0 Å². The SMILES string of the molecule is O=C(P)Cl. The molecular formula is CH2ClOP. The highest BCUT2D eigenvalue weighted by Crippen LogP contribution is 1.89. The summed E-state index contributed by atoms with van der Waals surface area (Å²) in [6, 6.07) is 0. The predicted molar refractivity (Wildman–Crippen MR) is 21.0 cm³/mol. The Labute approximate surface area is 31.5 Å². The van der Waals surface area contributed by atoms with Gasteiger partial charge in [0.1, 0.15) is 0 Å². The molecule has 1 unspecified atom stereocenters. The molecule has 0 saturated carbocycles. The van der Waals surface area contributed by atoms with Gasteiger partial charge in [0.2, 0.25) is 4.98 Å². The summed E-state index contributed by atoms with van der Waals surface area (Å²) in [5, 5.41) is 0. The predicted octanol–water partition coefficient (Wildman–Crippen LogP) is 1.22. The molecule has 0 saturated heterocycles. The van der Waals surface area contributed by atoms with Crippen molar-refractivity contribution in [3.8, 4) is 0 Å². The Bertz CT molecular complexity index is 31.0. The number of hydrogen-bond donors (Lipinski definition) is 0. The van der Waals surface area contributed by atoms with Gasteiger partial charge >= 0.3 is 0 Å². The monoisotopic (exact) mass is 96.0 g/mol. The maximum absolute atomic E-state index is 9.17. The van der Waals surface area contributed by atoms with Crippen molar-refractivity contribution in [2.24, 2.45) is 0 Å². The summed E-state index contributed by atoms with van der Waals surface area (Å²) in [7, 11) is 1.78. The molecule has 0 fully saturated rings. The Morgan fingerprint density at radius 2 is 2.00 bits per heavy atom. The van der Waals surface area contributed by atoms with Gasteiger partial charge in [-0.05, 0) is 20.8 Å². The van der Waals surface area contributed by atoms with Crippen molar-refractivity contribution in [3.63, 3.8) is 0 Å². The third-order valence-corrected chi connectivity index (χ3v) is 0. The van der Waals surface area contributed by atoms with E-state index in [-0.39, 0.29) is 0 Å². The number of carbonyl (C=O) groups is 1. The van der Waals surface area contributed by atoms with Gasteiger partial charge in [0.05, 0.1) is 0 Å². The van der Waals surface area contributed by atoms with Gasteiger partial charge in [0.15, 0.2) is 0 Å². The largest absolute Gasteiger partial charge is 0.277 e. The Morgan fingerprint density at radius 3 is 2.00 bits per heavy atom. The van der Waals surface area contributed by atoms with Crippen LogP contribution >= 0.6 is 20.8 Å². The summed E-state index contributed by atoms with van der Waals surface area (Å²) in [6.07, 6.45) is 0. The summed E-state index contributed by atoms with van der Waals surface area (Å²) in [5.74, 6) is 0. The molecule has 3 heteroatoms. The maximum atomic E-state index is 9.17. The van der Waals surface area contributed by atoms with Gasteiger partial charge in [-0.2, -0.15) is 0 Å². The van der Waals surface area contributed by atoms with Crippen LogP contribution in [0.4, 0.5) is 4.79 Å². The van der Waals surface area contributed by atoms with E-state index >= 15 is 0 Å². The molecule has 0 radical (unpaired) electrons. The van der Waals surface area contributed by atoms with E-state index in [2.05, 4.69) is 11.6 Å². The van der Waals surface area contributed by atoms with Crippen molar-refractivity contribution in [2.75, 3.05) is 0 Å². The summed E-state index contributed by atoms with van der Waals surface area (Å²) in [5.41, 5.74) is 0. The summed E-state index contributed by atoms with van der Waals surface area (Å²) < 4.78 is 0. The zero-order valence-electron chi connectivity index (χ0n) is 1.86. The Morgan fingerprint density at radius 1 is 2.00 bits per heavy atom. The lowest BCUT2D eigenvalue weighted by atomic mass is 11.8. The topological polar surface area (TPSA) is 17.1 Å². The van der Waals surface area contributed by atoms with Crippen molar-refractivity contribution in [3.05, 3.63) is 0 Å². The van der Waals surface area contributed by atoms with Crippen molar-refractivity contribution < 1.29 is 4.79 Å². The van der Waals surface area contributed by atoms with Crippen LogP contribution in [0.5, 0.6) is 0 Å². The van der Waals surface area contributed by atoms with Crippen molar-refractivity contribution >= 4 is 25.8 Å². The molecule has 0 heterocycles. The molecule has 1 nitrogen and oxygen atoms in total. The molecule has 0 aliphatic rings. The average Bonchev–Trinajstić information content (AvgIpc) is 0.811. The molecule has 0 N–H and O–H groups in total. The van der Waals surface area contributed by atoms with E-state index in [0.717, 1.165) is 0 Å². The van der Waals surface area contributed by atoms with Gasteiger partial charge in [-0.3, -0.25) is 4.79 Å². The third kappa shape index (κ3) is 30.4. The summed E-state index contributed by atoms with van der Waals surface area (Å²) in [6.45, 7) is 0. The molecule has 0 amide bonds. The van der Waals surface area contributed by atoms with Gasteiger partial charge < -0.3 is 0 Å². The molecule has 0 aliphatic heterocycles. The van der Waals surface area contributed by atoms with Crippen LogP contribution in [-0.2, 0) is 0 Å². The van der Waals surface area contributed by atoms with Gasteiger partial charge in [-0.25, -0.2) is 0 Å². The summed E-state index contributed by atoms with van der Waals surface area (Å²) in [4.78, 5) is 8.73. The first kappa shape index (κ1) is 4.39. The molecule has 24 valence electrons. The first-order chi connectivity index (χ1) is 1.73. The fraction of sp³-hybridized carbons (Fsp3) is 0. The zero-order chi connectivity index (χ0) is 3.58. The standard InChI is InChI=1S/CH2ClOP/c2-1(3)4/h4H2. The lowest BCUT2D eigenvalue weighted by Crippen LogP contribution is -1.44. The van der Waals surface area contributed by atoms with Gasteiger partial charge in [0.25, 0.3) is 0 Å². The molecule has 0 aromatic carbocycles. The molecular weight excluding hydrogens is 94.4 g/mol. The van der Waals surface area contributed by atoms with Crippen molar-refractivity contribution in [1.82, 2.24) is 0 Å². The second-order valence-electron chi connectivity index (χ2n) is 0.304. The van der Waals surface area contributed by atoms with Crippen LogP contribution in [0, 0.1) is 0 Å². The van der Waals surface area contributed by atoms with Crippen LogP contribution in [0.2, 0.25) is 0 Å². The fourth-order valence-corrected chi connectivity index (χ4v) is 0. The van der Waals surface area contributed by atoms with Gasteiger partial charge in [0, 0.05) is 0 Å². The van der Waals surface area contributed by atoms with Crippen LogP contribution in [0.25, 0.3) is 0 Å². The first-order valence-corrected chi connectivity index (χ1v) is 1.64. The van der Waals surface area contributed by atoms with Crippen LogP contribution < -0.4 is 0 Å². The lowest BCUT2D eigenvalue weighted by molar-refractivity contribution is 0.276. The van der Waals surface area contributed by atoms with E-state index in [9.17, 15) is 4.79 Å². The zero-order valence-corrected chi connectivity index (χ0v) is 3.77. The fourth-order valence-electron chi connectivity index (χ4n) is 0. The Kier molecular flexibility index (Phi) is 1.85. The van der Waals surface area contributed by atoms with Gasteiger partial charge in [-0.1, -0.05) is 0 Å². The number of rotatable bonds is 0. The molecule has 1 atom stereocenters. The van der Waals surface area contributed by atoms with Crippen LogP contribution in [-0.4, -0.2) is 4.98 Å². The van der Waals surface area contributed by atoms with Crippen molar-refractivity contribution in [2.45, 2.75) is 0 Å². The highest BCUT2D eigenvalue weighted by Gasteiger charge is 1.67. The molecule has 0 bridgehead atoms.